The Morgan fingerprint density at radius 2 is 1.96 bits per heavy atom. The summed E-state index contributed by atoms with van der Waals surface area (Å²) < 4.78 is 5.33. The van der Waals surface area contributed by atoms with E-state index in [-0.39, 0.29) is 24.3 Å². The molecule has 1 aliphatic carbocycles. The van der Waals surface area contributed by atoms with Gasteiger partial charge in [-0.05, 0) is 43.7 Å². The fourth-order valence-corrected chi connectivity index (χ4v) is 3.34. The molecule has 1 saturated heterocycles. The molecular formula is C21H28N2O4. The first-order chi connectivity index (χ1) is 12.9. The molecule has 0 aromatic heterocycles. The zero-order valence-corrected chi connectivity index (χ0v) is 16.2. The summed E-state index contributed by atoms with van der Waals surface area (Å²) in [6.07, 6.45) is 2.21. The number of amides is 2. The van der Waals surface area contributed by atoms with E-state index in [0.29, 0.717) is 12.5 Å². The number of carbonyl (C=O) groups excluding carboxylic acids is 3. The van der Waals surface area contributed by atoms with Crippen molar-refractivity contribution in [3.8, 4) is 0 Å². The molecule has 0 spiro atoms. The first kappa shape index (κ1) is 19.4. The fourth-order valence-electron chi connectivity index (χ4n) is 3.34. The predicted octanol–water partition coefficient (Wildman–Crippen LogP) is 2.76. The van der Waals surface area contributed by atoms with Crippen molar-refractivity contribution in [1.82, 2.24) is 5.32 Å². The summed E-state index contributed by atoms with van der Waals surface area (Å²) in [6, 6.07) is 8.06. The van der Waals surface area contributed by atoms with E-state index in [2.05, 4.69) is 19.2 Å². The molecule has 0 radical (unpaired) electrons. The predicted molar refractivity (Wildman–Crippen MR) is 102 cm³/mol. The van der Waals surface area contributed by atoms with Crippen LogP contribution in [0.15, 0.2) is 24.3 Å². The van der Waals surface area contributed by atoms with Gasteiger partial charge < -0.3 is 15.0 Å². The van der Waals surface area contributed by atoms with E-state index in [0.717, 1.165) is 30.5 Å². The highest BCUT2D eigenvalue weighted by Crippen LogP contribution is 2.33. The smallest absolute Gasteiger partial charge is 0.312 e. The van der Waals surface area contributed by atoms with E-state index >= 15 is 0 Å². The van der Waals surface area contributed by atoms with Crippen molar-refractivity contribution in [3.63, 3.8) is 0 Å². The van der Waals surface area contributed by atoms with E-state index in [4.69, 9.17) is 4.74 Å². The largest absolute Gasteiger partial charge is 0.452 e. The number of ether oxygens (including phenoxy) is 1. The number of esters is 1. The third-order valence-electron chi connectivity index (χ3n) is 5.42. The Balaban J connectivity index is 1.65. The van der Waals surface area contributed by atoms with Gasteiger partial charge >= 0.3 is 5.97 Å². The van der Waals surface area contributed by atoms with Crippen molar-refractivity contribution in [1.29, 1.82) is 0 Å². The Morgan fingerprint density at radius 1 is 1.26 bits per heavy atom. The Kier molecular flexibility index (Phi) is 5.82. The van der Waals surface area contributed by atoms with E-state index in [1.54, 1.807) is 11.8 Å². The summed E-state index contributed by atoms with van der Waals surface area (Å²) >= 11 is 0. The van der Waals surface area contributed by atoms with Crippen LogP contribution >= 0.6 is 0 Å². The maximum Gasteiger partial charge on any atom is 0.312 e. The van der Waals surface area contributed by atoms with Gasteiger partial charge in [-0.15, -0.1) is 0 Å². The van der Waals surface area contributed by atoms with Crippen LogP contribution in [-0.2, 0) is 19.1 Å². The van der Waals surface area contributed by atoms with Crippen LogP contribution in [0.5, 0.6) is 0 Å². The average Bonchev–Trinajstić information content (AvgIpc) is 3.39. The van der Waals surface area contributed by atoms with Crippen LogP contribution in [0.3, 0.4) is 0 Å². The van der Waals surface area contributed by atoms with E-state index in [9.17, 15) is 14.4 Å². The van der Waals surface area contributed by atoms with Gasteiger partial charge in [0.1, 0.15) is 0 Å². The number of benzene rings is 1. The third kappa shape index (κ3) is 4.49. The molecule has 3 rings (SSSR count). The van der Waals surface area contributed by atoms with Crippen LogP contribution in [0, 0.1) is 5.92 Å². The van der Waals surface area contributed by atoms with E-state index in [1.807, 2.05) is 24.3 Å². The molecule has 1 aromatic carbocycles. The standard InChI is InChI=1S/C21H28N2O4/c1-4-13(2)17-7-5-6-8-18(17)23-12-15(11-19(23)24)21(26)27-14(3)20(25)22-16-9-10-16/h5-8,13-16H,4,9-12H2,1-3H3,(H,22,25)/t13-,14-,15+/m0/s1. The Morgan fingerprint density at radius 3 is 2.63 bits per heavy atom. The molecule has 2 aliphatic rings. The Hall–Kier alpha value is -2.37. The number of anilines is 1. The highest BCUT2D eigenvalue weighted by atomic mass is 16.5. The number of para-hydroxylation sites is 1. The summed E-state index contributed by atoms with van der Waals surface area (Å²) in [5.41, 5.74) is 1.98. The minimum absolute atomic E-state index is 0.0808. The monoisotopic (exact) mass is 372 g/mol. The van der Waals surface area contributed by atoms with Gasteiger partial charge in [0.05, 0.1) is 5.92 Å². The van der Waals surface area contributed by atoms with Gasteiger partial charge in [0.25, 0.3) is 5.91 Å². The summed E-state index contributed by atoms with van der Waals surface area (Å²) in [5, 5.41) is 2.83. The lowest BCUT2D eigenvalue weighted by Gasteiger charge is -2.23. The first-order valence-electron chi connectivity index (χ1n) is 9.80. The summed E-state index contributed by atoms with van der Waals surface area (Å²) in [7, 11) is 0. The lowest BCUT2D eigenvalue weighted by Crippen LogP contribution is -2.38. The Labute approximate surface area is 160 Å². The minimum atomic E-state index is -0.838. The van der Waals surface area contributed by atoms with Gasteiger partial charge in [0, 0.05) is 24.7 Å². The maximum atomic E-state index is 12.6. The topological polar surface area (TPSA) is 75.7 Å². The zero-order valence-electron chi connectivity index (χ0n) is 16.2. The normalized spacial score (nSPS) is 21.7. The van der Waals surface area contributed by atoms with Gasteiger partial charge in [-0.1, -0.05) is 32.0 Å². The fraction of sp³-hybridized carbons (Fsp3) is 0.571. The molecule has 1 heterocycles. The molecule has 1 saturated carbocycles. The molecule has 3 atom stereocenters. The van der Waals surface area contributed by atoms with Crippen molar-refractivity contribution < 1.29 is 19.1 Å². The molecule has 6 nitrogen and oxygen atoms in total. The highest BCUT2D eigenvalue weighted by Gasteiger charge is 2.38. The molecule has 0 unspecified atom stereocenters. The number of hydrogen-bond acceptors (Lipinski definition) is 4. The van der Waals surface area contributed by atoms with Crippen molar-refractivity contribution in [2.24, 2.45) is 5.92 Å². The second-order valence-electron chi connectivity index (χ2n) is 7.64. The van der Waals surface area contributed by atoms with Crippen LogP contribution in [0.2, 0.25) is 0 Å². The van der Waals surface area contributed by atoms with Crippen LogP contribution in [0.25, 0.3) is 0 Å². The second kappa shape index (κ2) is 8.11. The quantitative estimate of drug-likeness (QED) is 0.747. The average molecular weight is 372 g/mol. The third-order valence-corrected chi connectivity index (χ3v) is 5.42. The molecule has 2 fully saturated rings. The van der Waals surface area contributed by atoms with Crippen LogP contribution in [0.4, 0.5) is 5.69 Å². The molecule has 0 bridgehead atoms. The molecule has 27 heavy (non-hydrogen) atoms. The van der Waals surface area contributed by atoms with Gasteiger partial charge in [-0.2, -0.15) is 0 Å². The van der Waals surface area contributed by atoms with Crippen molar-refractivity contribution >= 4 is 23.5 Å². The highest BCUT2D eigenvalue weighted by molar-refractivity contribution is 6.00. The van der Waals surface area contributed by atoms with Crippen molar-refractivity contribution in [2.75, 3.05) is 11.4 Å². The van der Waals surface area contributed by atoms with E-state index in [1.165, 1.54) is 0 Å². The first-order valence-corrected chi connectivity index (χ1v) is 9.80. The van der Waals surface area contributed by atoms with Gasteiger partial charge in [0.2, 0.25) is 5.91 Å². The summed E-state index contributed by atoms with van der Waals surface area (Å²) in [6.45, 7) is 6.11. The van der Waals surface area contributed by atoms with Gasteiger partial charge in [-0.25, -0.2) is 0 Å². The minimum Gasteiger partial charge on any atom is -0.452 e. The maximum absolute atomic E-state index is 12.6. The number of nitrogens with zero attached hydrogens (tertiary/aromatic N) is 1. The van der Waals surface area contributed by atoms with Crippen molar-refractivity contribution in [2.45, 2.75) is 64.5 Å². The number of hydrogen-bond donors (Lipinski definition) is 1. The molecule has 2 amide bonds. The lowest BCUT2D eigenvalue weighted by atomic mass is 9.96. The molecule has 1 aromatic rings. The number of carbonyl (C=O) groups is 3. The molecule has 1 aliphatic heterocycles. The number of rotatable bonds is 7. The molecular weight excluding hydrogens is 344 g/mol. The SMILES string of the molecule is CC[C@H](C)c1ccccc1N1C[C@H](C(=O)O[C@@H](C)C(=O)NC2CC2)CC1=O. The lowest BCUT2D eigenvalue weighted by molar-refractivity contribution is -0.158. The van der Waals surface area contributed by atoms with Crippen LogP contribution < -0.4 is 10.2 Å². The Bertz CT molecular complexity index is 729. The second-order valence-corrected chi connectivity index (χ2v) is 7.64. The zero-order chi connectivity index (χ0) is 19.6. The van der Waals surface area contributed by atoms with Crippen LogP contribution in [0.1, 0.15) is 57.9 Å². The van der Waals surface area contributed by atoms with Crippen LogP contribution in [-0.4, -0.2) is 36.5 Å². The van der Waals surface area contributed by atoms with Gasteiger partial charge in [-0.3, -0.25) is 14.4 Å². The van der Waals surface area contributed by atoms with Crippen molar-refractivity contribution in [3.05, 3.63) is 29.8 Å². The molecule has 146 valence electrons. The van der Waals surface area contributed by atoms with E-state index < -0.39 is 18.0 Å². The van der Waals surface area contributed by atoms with Gasteiger partial charge in [0.15, 0.2) is 6.10 Å². The summed E-state index contributed by atoms with van der Waals surface area (Å²) in [4.78, 5) is 38.7. The number of nitrogens with one attached hydrogen (secondary N) is 1. The molecule has 6 heteroatoms. The summed E-state index contributed by atoms with van der Waals surface area (Å²) in [5.74, 6) is -1.05. The molecule has 1 N–H and O–H groups in total.